The molecule has 0 heterocycles. The number of hydrogen-bond acceptors (Lipinski definition) is 2. The van der Waals surface area contributed by atoms with E-state index in [1.54, 1.807) is 0 Å². The highest BCUT2D eigenvalue weighted by atomic mass is 16.4. The molecule has 0 saturated carbocycles. The molecule has 1 aliphatic carbocycles. The van der Waals surface area contributed by atoms with Gasteiger partial charge in [0.15, 0.2) is 0 Å². The molecule has 0 radical (unpaired) electrons. The van der Waals surface area contributed by atoms with Gasteiger partial charge in [0, 0.05) is 0 Å². The molecule has 0 saturated heterocycles. The number of nitrogens with zero attached hydrogens (tertiary/aromatic N) is 1. The van der Waals surface area contributed by atoms with Gasteiger partial charge in [0.2, 0.25) is 0 Å². The lowest BCUT2D eigenvalue weighted by molar-refractivity contribution is -0.143. The lowest BCUT2D eigenvalue weighted by Gasteiger charge is -2.26. The molecule has 0 bridgehead atoms. The smallest absolute Gasteiger partial charge is 0.325 e. The second-order valence-electron chi connectivity index (χ2n) is 4.84. The van der Waals surface area contributed by atoms with E-state index in [-0.39, 0.29) is 0 Å². The molecule has 1 unspecified atom stereocenters. The van der Waals surface area contributed by atoms with Crippen molar-refractivity contribution in [3.05, 3.63) is 34.9 Å². The van der Waals surface area contributed by atoms with E-state index in [0.717, 1.165) is 31.5 Å². The molecule has 1 aromatic rings. The highest BCUT2D eigenvalue weighted by molar-refractivity contribution is 5.75. The largest absolute Gasteiger partial charge is 0.480 e. The number of likely N-dealkylation sites (N-methyl/N-ethyl adjacent to an activating group) is 1. The van der Waals surface area contributed by atoms with Crippen molar-refractivity contribution < 1.29 is 9.90 Å². The summed E-state index contributed by atoms with van der Waals surface area (Å²) in [6.45, 7) is 5.52. The number of hydrogen-bond donors (Lipinski definition) is 1. The molecule has 1 aliphatic rings. The summed E-state index contributed by atoms with van der Waals surface area (Å²) in [7, 11) is 0. The number of fused-ring (bicyclic) bond motifs is 1. The third-order valence-electron chi connectivity index (χ3n) is 3.85. The van der Waals surface area contributed by atoms with E-state index < -0.39 is 12.0 Å². The standard InChI is InChI=1S/C15H21NO2/c1-3-16(4-2)14(15(17)18)13-9-8-11-6-5-7-12(11)10-13/h8-10,14H,3-7H2,1-2H3,(H,17,18). The van der Waals surface area contributed by atoms with Crippen LogP contribution in [-0.4, -0.2) is 29.1 Å². The van der Waals surface area contributed by atoms with Gasteiger partial charge in [-0.05, 0) is 49.0 Å². The van der Waals surface area contributed by atoms with Crippen LogP contribution in [0.15, 0.2) is 18.2 Å². The number of rotatable bonds is 5. The van der Waals surface area contributed by atoms with Crippen LogP contribution in [-0.2, 0) is 17.6 Å². The number of benzene rings is 1. The molecular formula is C15H21NO2. The average Bonchev–Trinajstić information content (AvgIpc) is 2.82. The highest BCUT2D eigenvalue weighted by Gasteiger charge is 2.26. The molecule has 0 aromatic heterocycles. The molecule has 0 spiro atoms. The van der Waals surface area contributed by atoms with E-state index in [2.05, 4.69) is 12.1 Å². The van der Waals surface area contributed by atoms with Gasteiger partial charge < -0.3 is 5.11 Å². The SMILES string of the molecule is CCN(CC)C(C(=O)O)c1ccc2c(c1)CCC2. The van der Waals surface area contributed by atoms with E-state index in [0.29, 0.717) is 0 Å². The van der Waals surface area contributed by atoms with Gasteiger partial charge in [0.25, 0.3) is 0 Å². The summed E-state index contributed by atoms with van der Waals surface area (Å²) in [5, 5.41) is 9.47. The molecule has 0 fully saturated rings. The topological polar surface area (TPSA) is 40.5 Å². The Labute approximate surface area is 108 Å². The summed E-state index contributed by atoms with van der Waals surface area (Å²) >= 11 is 0. The molecular weight excluding hydrogens is 226 g/mol. The summed E-state index contributed by atoms with van der Waals surface area (Å²) in [4.78, 5) is 13.5. The molecule has 1 N–H and O–H groups in total. The number of carbonyl (C=O) groups is 1. The van der Waals surface area contributed by atoms with Gasteiger partial charge in [-0.25, -0.2) is 0 Å². The maximum atomic E-state index is 11.5. The van der Waals surface area contributed by atoms with Gasteiger partial charge >= 0.3 is 5.97 Å². The van der Waals surface area contributed by atoms with Gasteiger partial charge in [-0.1, -0.05) is 32.0 Å². The zero-order valence-electron chi connectivity index (χ0n) is 11.1. The van der Waals surface area contributed by atoms with Gasteiger partial charge in [-0.3, -0.25) is 9.69 Å². The van der Waals surface area contributed by atoms with Crippen molar-refractivity contribution >= 4 is 5.97 Å². The Bertz CT molecular complexity index is 438. The number of carboxylic acid groups (broad SMARTS) is 1. The van der Waals surface area contributed by atoms with Crippen LogP contribution in [0.25, 0.3) is 0 Å². The Morgan fingerprint density at radius 1 is 1.28 bits per heavy atom. The molecule has 1 atom stereocenters. The van der Waals surface area contributed by atoms with Crippen molar-refractivity contribution in [2.75, 3.05) is 13.1 Å². The van der Waals surface area contributed by atoms with Crippen molar-refractivity contribution in [2.24, 2.45) is 0 Å². The van der Waals surface area contributed by atoms with Crippen molar-refractivity contribution in [2.45, 2.75) is 39.2 Å². The zero-order chi connectivity index (χ0) is 13.1. The van der Waals surface area contributed by atoms with E-state index in [4.69, 9.17) is 0 Å². The van der Waals surface area contributed by atoms with Crippen LogP contribution >= 0.6 is 0 Å². The predicted molar refractivity (Wildman–Crippen MR) is 71.8 cm³/mol. The maximum Gasteiger partial charge on any atom is 0.325 e. The quantitative estimate of drug-likeness (QED) is 0.869. The Hall–Kier alpha value is -1.35. The fourth-order valence-corrected chi connectivity index (χ4v) is 2.86. The lowest BCUT2D eigenvalue weighted by atomic mass is 10.00. The van der Waals surface area contributed by atoms with Crippen molar-refractivity contribution in [1.82, 2.24) is 4.90 Å². The van der Waals surface area contributed by atoms with E-state index in [9.17, 15) is 9.90 Å². The minimum Gasteiger partial charge on any atom is -0.480 e. The maximum absolute atomic E-state index is 11.5. The second kappa shape index (κ2) is 5.53. The second-order valence-corrected chi connectivity index (χ2v) is 4.84. The number of carboxylic acids is 1. The van der Waals surface area contributed by atoms with Crippen LogP contribution in [0.5, 0.6) is 0 Å². The minimum absolute atomic E-state index is 0.508. The first-order valence-corrected chi connectivity index (χ1v) is 6.76. The average molecular weight is 247 g/mol. The molecule has 18 heavy (non-hydrogen) atoms. The first kappa shape index (κ1) is 13.1. The van der Waals surface area contributed by atoms with Crippen LogP contribution in [0, 0.1) is 0 Å². The van der Waals surface area contributed by atoms with Crippen molar-refractivity contribution in [1.29, 1.82) is 0 Å². The Morgan fingerprint density at radius 2 is 1.94 bits per heavy atom. The summed E-state index contributed by atoms with van der Waals surface area (Å²) in [5.41, 5.74) is 3.65. The zero-order valence-corrected chi connectivity index (χ0v) is 11.1. The van der Waals surface area contributed by atoms with Crippen LogP contribution < -0.4 is 0 Å². The molecule has 98 valence electrons. The predicted octanol–water partition coefficient (Wildman–Crippen LogP) is 2.64. The monoisotopic (exact) mass is 247 g/mol. The third kappa shape index (κ3) is 2.41. The molecule has 0 amide bonds. The molecule has 1 aromatic carbocycles. The van der Waals surface area contributed by atoms with E-state index in [1.807, 2.05) is 24.8 Å². The Balaban J connectivity index is 2.34. The summed E-state index contributed by atoms with van der Waals surface area (Å²) < 4.78 is 0. The number of aryl methyl sites for hydroxylation is 2. The summed E-state index contributed by atoms with van der Waals surface area (Å²) in [5.74, 6) is -0.753. The first-order chi connectivity index (χ1) is 8.67. The fourth-order valence-electron chi connectivity index (χ4n) is 2.86. The number of aliphatic carboxylic acids is 1. The van der Waals surface area contributed by atoms with Gasteiger partial charge in [0.05, 0.1) is 0 Å². The van der Waals surface area contributed by atoms with Crippen LogP contribution in [0.1, 0.15) is 43.0 Å². The molecule has 3 nitrogen and oxygen atoms in total. The van der Waals surface area contributed by atoms with Gasteiger partial charge in [-0.2, -0.15) is 0 Å². The Morgan fingerprint density at radius 3 is 2.56 bits per heavy atom. The van der Waals surface area contributed by atoms with Crippen molar-refractivity contribution in [3.63, 3.8) is 0 Å². The minimum atomic E-state index is -0.753. The van der Waals surface area contributed by atoms with Crippen LogP contribution in [0.4, 0.5) is 0 Å². The van der Waals surface area contributed by atoms with Crippen molar-refractivity contribution in [3.8, 4) is 0 Å². The lowest BCUT2D eigenvalue weighted by Crippen LogP contribution is -2.33. The van der Waals surface area contributed by atoms with E-state index >= 15 is 0 Å². The molecule has 2 rings (SSSR count). The first-order valence-electron chi connectivity index (χ1n) is 6.76. The van der Waals surface area contributed by atoms with Gasteiger partial charge in [0.1, 0.15) is 6.04 Å². The summed E-state index contributed by atoms with van der Waals surface area (Å²) in [6, 6.07) is 5.68. The molecule has 3 heteroatoms. The Kier molecular flexibility index (Phi) is 4.02. The molecule has 0 aliphatic heterocycles. The van der Waals surface area contributed by atoms with Crippen LogP contribution in [0.2, 0.25) is 0 Å². The third-order valence-corrected chi connectivity index (χ3v) is 3.85. The van der Waals surface area contributed by atoms with Crippen LogP contribution in [0.3, 0.4) is 0 Å². The summed E-state index contributed by atoms with van der Waals surface area (Å²) in [6.07, 6.45) is 3.42. The fraction of sp³-hybridized carbons (Fsp3) is 0.533. The van der Waals surface area contributed by atoms with E-state index in [1.165, 1.54) is 17.5 Å². The van der Waals surface area contributed by atoms with Gasteiger partial charge in [-0.15, -0.1) is 0 Å². The normalized spacial score (nSPS) is 15.7. The highest BCUT2D eigenvalue weighted by Crippen LogP contribution is 2.28.